The van der Waals surface area contributed by atoms with Crippen molar-refractivity contribution in [1.82, 2.24) is 4.98 Å². The molecule has 0 aliphatic heterocycles. The van der Waals surface area contributed by atoms with Crippen molar-refractivity contribution in [2.24, 2.45) is 0 Å². The molecule has 130 valence electrons. The summed E-state index contributed by atoms with van der Waals surface area (Å²) in [7, 11) is 0. The predicted molar refractivity (Wildman–Crippen MR) is 94.2 cm³/mol. The predicted octanol–water partition coefficient (Wildman–Crippen LogP) is 3.61. The van der Waals surface area contributed by atoms with E-state index in [1.54, 1.807) is 24.4 Å². The van der Waals surface area contributed by atoms with E-state index in [0.29, 0.717) is 11.2 Å². The van der Waals surface area contributed by atoms with Gasteiger partial charge in [0, 0.05) is 23.2 Å². The van der Waals surface area contributed by atoms with Crippen LogP contribution in [-0.2, 0) is 0 Å². The number of pyridine rings is 1. The third kappa shape index (κ3) is 3.05. The zero-order chi connectivity index (χ0) is 18.8. The number of fused-ring (bicyclic) bond motifs is 1. The van der Waals surface area contributed by atoms with E-state index in [9.17, 15) is 25.0 Å². The fourth-order valence-corrected chi connectivity index (χ4v) is 2.61. The molecular weight excluding hydrogens is 340 g/mol. The van der Waals surface area contributed by atoms with E-state index in [2.05, 4.69) is 10.3 Å². The molecule has 0 saturated heterocycles. The first-order chi connectivity index (χ1) is 12.4. The van der Waals surface area contributed by atoms with Gasteiger partial charge in [0.1, 0.15) is 0 Å². The van der Waals surface area contributed by atoms with Gasteiger partial charge in [-0.2, -0.15) is 0 Å². The van der Waals surface area contributed by atoms with Crippen LogP contribution in [0.4, 0.5) is 17.1 Å². The van der Waals surface area contributed by atoms with Crippen molar-refractivity contribution in [3.63, 3.8) is 0 Å². The summed E-state index contributed by atoms with van der Waals surface area (Å²) in [4.78, 5) is 37.5. The molecule has 0 unspecified atom stereocenters. The highest BCUT2D eigenvalue weighted by Crippen LogP contribution is 2.29. The summed E-state index contributed by atoms with van der Waals surface area (Å²) in [6, 6.07) is 10.6. The van der Waals surface area contributed by atoms with E-state index < -0.39 is 27.1 Å². The van der Waals surface area contributed by atoms with E-state index in [-0.39, 0.29) is 11.1 Å². The van der Waals surface area contributed by atoms with Crippen LogP contribution in [0.15, 0.2) is 48.7 Å². The molecule has 0 spiro atoms. The number of nitro benzene ring substituents is 2. The molecule has 9 heteroatoms. The lowest BCUT2D eigenvalue weighted by atomic mass is 10.0. The molecule has 0 saturated carbocycles. The maximum absolute atomic E-state index is 12.6. The van der Waals surface area contributed by atoms with Gasteiger partial charge in [-0.15, -0.1) is 0 Å². The van der Waals surface area contributed by atoms with Crippen LogP contribution in [0.25, 0.3) is 10.9 Å². The molecule has 1 N–H and O–H groups in total. The summed E-state index contributed by atoms with van der Waals surface area (Å²) >= 11 is 0. The average Bonchev–Trinajstić information content (AvgIpc) is 2.61. The number of para-hydroxylation sites is 1. The second-order valence-corrected chi connectivity index (χ2v) is 5.49. The Morgan fingerprint density at radius 2 is 1.81 bits per heavy atom. The largest absolute Gasteiger partial charge is 0.320 e. The fourth-order valence-electron chi connectivity index (χ4n) is 2.61. The number of hydrogen-bond acceptors (Lipinski definition) is 6. The zero-order valence-electron chi connectivity index (χ0n) is 13.5. The Balaban J connectivity index is 2.07. The molecule has 1 heterocycles. The van der Waals surface area contributed by atoms with Gasteiger partial charge in [-0.25, -0.2) is 0 Å². The lowest BCUT2D eigenvalue weighted by Gasteiger charge is -2.10. The first-order valence-corrected chi connectivity index (χ1v) is 7.47. The Morgan fingerprint density at radius 3 is 2.50 bits per heavy atom. The molecule has 26 heavy (non-hydrogen) atoms. The number of aromatic nitrogens is 1. The summed E-state index contributed by atoms with van der Waals surface area (Å²) in [5.74, 6) is -0.688. The molecule has 9 nitrogen and oxygen atoms in total. The van der Waals surface area contributed by atoms with E-state index >= 15 is 0 Å². The number of amides is 1. The van der Waals surface area contributed by atoms with Gasteiger partial charge in [0.2, 0.25) is 0 Å². The summed E-state index contributed by atoms with van der Waals surface area (Å²) in [5, 5.41) is 25.6. The van der Waals surface area contributed by atoms with Gasteiger partial charge in [-0.3, -0.25) is 30.0 Å². The second kappa shape index (κ2) is 6.55. The molecular formula is C17H12N4O5. The molecule has 0 aliphatic rings. The minimum atomic E-state index is -0.775. The Morgan fingerprint density at radius 1 is 1.08 bits per heavy atom. The Bertz CT molecular complexity index is 1060. The number of carbonyl (C=O) groups is 1. The Labute approximate surface area is 146 Å². The Kier molecular flexibility index (Phi) is 4.27. The van der Waals surface area contributed by atoms with Crippen molar-refractivity contribution in [1.29, 1.82) is 0 Å². The highest BCUT2D eigenvalue weighted by atomic mass is 16.6. The SMILES string of the molecule is Cc1c(C(=O)Nc2cccc3cccnc23)cc([N+](=O)[O-])cc1[N+](=O)[O-]. The van der Waals surface area contributed by atoms with Gasteiger partial charge in [-0.05, 0) is 19.1 Å². The number of hydrogen-bond donors (Lipinski definition) is 1. The lowest BCUT2D eigenvalue weighted by Crippen LogP contribution is -2.15. The van der Waals surface area contributed by atoms with Crippen LogP contribution < -0.4 is 5.32 Å². The van der Waals surface area contributed by atoms with Crippen molar-refractivity contribution in [3.8, 4) is 0 Å². The van der Waals surface area contributed by atoms with E-state index in [1.807, 2.05) is 12.1 Å². The van der Waals surface area contributed by atoms with Crippen LogP contribution in [0.1, 0.15) is 15.9 Å². The first-order valence-electron chi connectivity index (χ1n) is 7.47. The van der Waals surface area contributed by atoms with E-state index in [1.165, 1.54) is 6.92 Å². The molecule has 3 aromatic rings. The summed E-state index contributed by atoms with van der Waals surface area (Å²) in [6.07, 6.45) is 1.57. The van der Waals surface area contributed by atoms with Crippen LogP contribution in [0.3, 0.4) is 0 Å². The molecule has 2 aromatic carbocycles. The summed E-state index contributed by atoms with van der Waals surface area (Å²) < 4.78 is 0. The minimum absolute atomic E-state index is 0.0475. The van der Waals surface area contributed by atoms with Crippen molar-refractivity contribution >= 4 is 33.9 Å². The van der Waals surface area contributed by atoms with Crippen LogP contribution in [-0.4, -0.2) is 20.7 Å². The molecule has 1 aromatic heterocycles. The first kappa shape index (κ1) is 17.0. The third-order valence-corrected chi connectivity index (χ3v) is 3.90. The van der Waals surface area contributed by atoms with Crippen molar-refractivity contribution in [3.05, 3.63) is 80.0 Å². The van der Waals surface area contributed by atoms with Gasteiger partial charge in [0.25, 0.3) is 17.3 Å². The number of rotatable bonds is 4. The molecule has 0 atom stereocenters. The molecule has 1 amide bonds. The highest BCUT2D eigenvalue weighted by Gasteiger charge is 2.25. The summed E-state index contributed by atoms with van der Waals surface area (Å²) in [5.41, 5.74) is -0.156. The lowest BCUT2D eigenvalue weighted by molar-refractivity contribution is -0.394. The molecule has 0 aliphatic carbocycles. The number of benzene rings is 2. The molecule has 0 radical (unpaired) electrons. The van der Waals surface area contributed by atoms with Crippen LogP contribution in [0, 0.1) is 27.2 Å². The molecule has 0 fully saturated rings. The molecule has 3 rings (SSSR count). The van der Waals surface area contributed by atoms with Gasteiger partial charge in [-0.1, -0.05) is 18.2 Å². The maximum atomic E-state index is 12.6. The van der Waals surface area contributed by atoms with E-state index in [0.717, 1.165) is 17.5 Å². The topological polar surface area (TPSA) is 128 Å². The van der Waals surface area contributed by atoms with Gasteiger partial charge < -0.3 is 5.32 Å². The minimum Gasteiger partial charge on any atom is -0.320 e. The number of nitrogens with zero attached hydrogens (tertiary/aromatic N) is 3. The number of nitrogens with one attached hydrogen (secondary N) is 1. The standard InChI is InChI=1S/C17H12N4O5/c1-10-13(8-12(20(23)24)9-15(10)21(25)26)17(22)19-14-6-2-4-11-5-3-7-18-16(11)14/h2-9H,1H3,(H,19,22). The van der Waals surface area contributed by atoms with Crippen LogP contribution in [0.2, 0.25) is 0 Å². The smallest absolute Gasteiger partial charge is 0.279 e. The number of non-ortho nitro benzene ring substituents is 1. The maximum Gasteiger partial charge on any atom is 0.279 e. The summed E-state index contributed by atoms with van der Waals surface area (Å²) in [6.45, 7) is 1.37. The van der Waals surface area contributed by atoms with Gasteiger partial charge in [0.15, 0.2) is 0 Å². The quantitative estimate of drug-likeness (QED) is 0.564. The fraction of sp³-hybridized carbons (Fsp3) is 0.0588. The van der Waals surface area contributed by atoms with Crippen LogP contribution in [0.5, 0.6) is 0 Å². The van der Waals surface area contributed by atoms with Crippen molar-refractivity contribution in [2.45, 2.75) is 6.92 Å². The van der Waals surface area contributed by atoms with Crippen molar-refractivity contribution in [2.75, 3.05) is 5.32 Å². The highest BCUT2D eigenvalue weighted by molar-refractivity contribution is 6.09. The molecule has 0 bridgehead atoms. The van der Waals surface area contributed by atoms with Gasteiger partial charge >= 0.3 is 0 Å². The number of nitro groups is 2. The normalized spacial score (nSPS) is 10.5. The second-order valence-electron chi connectivity index (χ2n) is 5.49. The monoisotopic (exact) mass is 352 g/mol. The third-order valence-electron chi connectivity index (χ3n) is 3.90. The average molecular weight is 352 g/mol. The number of anilines is 1. The van der Waals surface area contributed by atoms with Crippen molar-refractivity contribution < 1.29 is 14.6 Å². The van der Waals surface area contributed by atoms with Crippen LogP contribution >= 0.6 is 0 Å². The Hall–Kier alpha value is -3.88. The number of carbonyl (C=O) groups excluding carboxylic acids is 1. The van der Waals surface area contributed by atoms with Gasteiger partial charge in [0.05, 0.1) is 32.7 Å². The van der Waals surface area contributed by atoms with E-state index in [4.69, 9.17) is 0 Å². The zero-order valence-corrected chi connectivity index (χ0v) is 13.5.